The third kappa shape index (κ3) is 7.90. The molecule has 0 aliphatic rings. The number of hydrogen-bond acceptors (Lipinski definition) is 6. The predicted molar refractivity (Wildman–Crippen MR) is 112 cm³/mol. The van der Waals surface area contributed by atoms with Crippen LogP contribution in [0.5, 0.6) is 5.88 Å². The number of hydrogen-bond donors (Lipinski definition) is 2. The summed E-state index contributed by atoms with van der Waals surface area (Å²) < 4.78 is 10.7. The highest BCUT2D eigenvalue weighted by molar-refractivity contribution is 6.01. The van der Waals surface area contributed by atoms with Crippen LogP contribution in [0.4, 0.5) is 4.79 Å². The highest BCUT2D eigenvalue weighted by Gasteiger charge is 2.15. The minimum absolute atomic E-state index is 0.294. The van der Waals surface area contributed by atoms with E-state index in [9.17, 15) is 14.4 Å². The summed E-state index contributed by atoms with van der Waals surface area (Å²) in [5.74, 6) is 0.159. The summed E-state index contributed by atoms with van der Waals surface area (Å²) in [5.41, 5.74) is 0.980. The van der Waals surface area contributed by atoms with Crippen molar-refractivity contribution in [3.05, 3.63) is 59.3 Å². The number of aromatic nitrogens is 1. The van der Waals surface area contributed by atoms with Gasteiger partial charge in [0.1, 0.15) is 5.60 Å². The zero-order valence-corrected chi connectivity index (χ0v) is 17.4. The van der Waals surface area contributed by atoms with Gasteiger partial charge in [-0.25, -0.2) is 9.78 Å². The maximum Gasteiger partial charge on any atom is 0.407 e. The molecule has 0 aliphatic heterocycles. The van der Waals surface area contributed by atoms with Gasteiger partial charge in [0, 0.05) is 36.5 Å². The number of ether oxygens (including phenoxy) is 2. The van der Waals surface area contributed by atoms with Crippen LogP contribution in [0, 0.1) is 0 Å². The molecule has 1 aromatic heterocycles. The van der Waals surface area contributed by atoms with E-state index in [-0.39, 0.29) is 5.91 Å². The summed E-state index contributed by atoms with van der Waals surface area (Å²) in [6.07, 6.45) is 2.38. The Kier molecular flexibility index (Phi) is 8.34. The van der Waals surface area contributed by atoms with Crippen LogP contribution in [0.1, 0.15) is 53.5 Å². The van der Waals surface area contributed by atoms with Crippen LogP contribution in [-0.4, -0.2) is 42.0 Å². The number of nitrogens with zero attached hydrogens (tertiary/aromatic N) is 1. The summed E-state index contributed by atoms with van der Waals surface area (Å²) in [5, 5.41) is 5.43. The average Bonchev–Trinajstić information content (AvgIpc) is 2.71. The van der Waals surface area contributed by atoms with Crippen molar-refractivity contribution in [3.63, 3.8) is 0 Å². The van der Waals surface area contributed by atoms with Gasteiger partial charge in [0.2, 0.25) is 5.88 Å². The van der Waals surface area contributed by atoms with Gasteiger partial charge in [-0.05, 0) is 38.8 Å². The molecule has 0 spiro atoms. The number of carbonyl (C=O) groups is 3. The fourth-order valence-corrected chi connectivity index (χ4v) is 2.44. The topological polar surface area (TPSA) is 107 Å². The number of nitrogens with one attached hydrogen (secondary N) is 2. The number of pyridine rings is 1. The molecule has 2 rings (SSSR count). The number of benzene rings is 1. The molecule has 1 aromatic carbocycles. The molecule has 0 aliphatic carbocycles. The quantitative estimate of drug-likeness (QED) is 0.483. The monoisotopic (exact) mass is 413 g/mol. The van der Waals surface area contributed by atoms with Crippen molar-refractivity contribution in [2.75, 3.05) is 13.2 Å². The van der Waals surface area contributed by atoms with E-state index in [0.29, 0.717) is 49.4 Å². The fraction of sp³-hybridized carbons (Fsp3) is 0.364. The molecule has 2 N–H and O–H groups in total. The molecule has 0 fully saturated rings. The van der Waals surface area contributed by atoms with E-state index in [4.69, 9.17) is 9.47 Å². The molecule has 0 saturated heterocycles. The molecule has 8 nitrogen and oxygen atoms in total. The molecule has 1 heterocycles. The van der Waals surface area contributed by atoms with Gasteiger partial charge in [0.15, 0.2) is 6.29 Å². The lowest BCUT2D eigenvalue weighted by Crippen LogP contribution is -2.32. The molecule has 8 heteroatoms. The molecule has 0 saturated carbocycles. The highest BCUT2D eigenvalue weighted by atomic mass is 16.6. The number of amides is 2. The molecule has 0 bridgehead atoms. The van der Waals surface area contributed by atoms with Gasteiger partial charge >= 0.3 is 6.09 Å². The van der Waals surface area contributed by atoms with Crippen LogP contribution in [0.25, 0.3) is 0 Å². The molecule has 0 atom stereocenters. The van der Waals surface area contributed by atoms with Gasteiger partial charge in [-0.3, -0.25) is 9.59 Å². The zero-order valence-electron chi connectivity index (χ0n) is 17.4. The maximum absolute atomic E-state index is 12.1. The third-order valence-corrected chi connectivity index (χ3v) is 3.82. The first kappa shape index (κ1) is 22.9. The van der Waals surface area contributed by atoms with Crippen molar-refractivity contribution in [1.29, 1.82) is 0 Å². The van der Waals surface area contributed by atoms with E-state index < -0.39 is 11.7 Å². The summed E-state index contributed by atoms with van der Waals surface area (Å²) in [6.45, 7) is 6.49. The first-order valence-corrected chi connectivity index (χ1v) is 9.65. The van der Waals surface area contributed by atoms with Gasteiger partial charge < -0.3 is 20.1 Å². The SMILES string of the molecule is CC(C)(C)OC(=O)NCc1ccc(OCCCNC(=O)c2ccccc2C=O)nc1. The van der Waals surface area contributed by atoms with Crippen LogP contribution < -0.4 is 15.4 Å². The van der Waals surface area contributed by atoms with E-state index in [1.807, 2.05) is 0 Å². The second-order valence-electron chi connectivity index (χ2n) is 7.52. The number of aldehydes is 1. The van der Waals surface area contributed by atoms with E-state index >= 15 is 0 Å². The third-order valence-electron chi connectivity index (χ3n) is 3.82. The Morgan fingerprint density at radius 1 is 1.10 bits per heavy atom. The fourth-order valence-electron chi connectivity index (χ4n) is 2.44. The van der Waals surface area contributed by atoms with Gasteiger partial charge in [0.05, 0.1) is 6.61 Å². The number of alkyl carbamates (subject to hydrolysis) is 1. The van der Waals surface area contributed by atoms with Crippen molar-refractivity contribution < 1.29 is 23.9 Å². The lowest BCUT2D eigenvalue weighted by molar-refractivity contribution is 0.0523. The van der Waals surface area contributed by atoms with Crippen molar-refractivity contribution in [1.82, 2.24) is 15.6 Å². The van der Waals surface area contributed by atoms with E-state index in [1.165, 1.54) is 0 Å². The number of carbonyl (C=O) groups excluding carboxylic acids is 3. The summed E-state index contributed by atoms with van der Waals surface area (Å²) in [4.78, 5) is 38.9. The highest BCUT2D eigenvalue weighted by Crippen LogP contribution is 2.10. The molecule has 30 heavy (non-hydrogen) atoms. The largest absolute Gasteiger partial charge is 0.478 e. The Morgan fingerprint density at radius 2 is 1.87 bits per heavy atom. The first-order chi connectivity index (χ1) is 14.3. The van der Waals surface area contributed by atoms with Crippen LogP contribution >= 0.6 is 0 Å². The van der Waals surface area contributed by atoms with E-state index in [2.05, 4.69) is 15.6 Å². The van der Waals surface area contributed by atoms with Crippen molar-refractivity contribution in [2.24, 2.45) is 0 Å². The molecular formula is C22H27N3O5. The molecule has 0 radical (unpaired) electrons. The van der Waals surface area contributed by atoms with Crippen molar-refractivity contribution in [3.8, 4) is 5.88 Å². The summed E-state index contributed by atoms with van der Waals surface area (Å²) in [6, 6.07) is 10.1. The Balaban J connectivity index is 1.67. The number of rotatable bonds is 9. The Labute approximate surface area is 176 Å². The van der Waals surface area contributed by atoms with E-state index in [1.54, 1.807) is 63.4 Å². The summed E-state index contributed by atoms with van der Waals surface area (Å²) >= 11 is 0. The Morgan fingerprint density at radius 3 is 2.53 bits per heavy atom. The lowest BCUT2D eigenvalue weighted by Gasteiger charge is -2.19. The standard InChI is InChI=1S/C22H27N3O5/c1-22(2,3)30-21(28)25-14-16-9-10-19(24-13-16)29-12-6-11-23-20(27)18-8-5-4-7-17(18)15-26/h4-5,7-10,13,15H,6,11-12,14H2,1-3H3,(H,23,27)(H,25,28). The normalized spacial score (nSPS) is 10.8. The molecule has 160 valence electrons. The minimum atomic E-state index is -0.544. The van der Waals surface area contributed by atoms with Crippen molar-refractivity contribution >= 4 is 18.3 Å². The van der Waals surface area contributed by atoms with Gasteiger partial charge in [-0.1, -0.05) is 24.3 Å². The van der Waals surface area contributed by atoms with Gasteiger partial charge in [0.25, 0.3) is 5.91 Å². The second-order valence-corrected chi connectivity index (χ2v) is 7.52. The van der Waals surface area contributed by atoms with Gasteiger partial charge in [-0.15, -0.1) is 0 Å². The molecular weight excluding hydrogens is 386 g/mol. The van der Waals surface area contributed by atoms with Crippen LogP contribution in [0.2, 0.25) is 0 Å². The first-order valence-electron chi connectivity index (χ1n) is 9.65. The predicted octanol–water partition coefficient (Wildman–Crippen LogP) is 3.12. The van der Waals surface area contributed by atoms with Crippen LogP contribution in [0.15, 0.2) is 42.6 Å². The Hall–Kier alpha value is -3.42. The average molecular weight is 413 g/mol. The van der Waals surface area contributed by atoms with Gasteiger partial charge in [-0.2, -0.15) is 0 Å². The smallest absolute Gasteiger partial charge is 0.407 e. The maximum atomic E-state index is 12.1. The zero-order chi connectivity index (χ0) is 22.0. The second kappa shape index (κ2) is 10.9. The molecule has 2 amide bonds. The molecule has 0 unspecified atom stereocenters. The minimum Gasteiger partial charge on any atom is -0.478 e. The van der Waals surface area contributed by atoms with Crippen LogP contribution in [-0.2, 0) is 11.3 Å². The lowest BCUT2D eigenvalue weighted by atomic mass is 10.1. The van der Waals surface area contributed by atoms with E-state index in [0.717, 1.165) is 5.56 Å². The Bertz CT molecular complexity index is 860. The van der Waals surface area contributed by atoms with Crippen LogP contribution in [0.3, 0.4) is 0 Å². The summed E-state index contributed by atoms with van der Waals surface area (Å²) in [7, 11) is 0. The van der Waals surface area contributed by atoms with Crippen molar-refractivity contribution in [2.45, 2.75) is 39.3 Å². The molecule has 2 aromatic rings.